The molecule has 1 saturated heterocycles. The zero-order chi connectivity index (χ0) is 11.8. The highest BCUT2D eigenvalue weighted by molar-refractivity contribution is 5.81. The smallest absolute Gasteiger partial charge is 0.315 e. The summed E-state index contributed by atoms with van der Waals surface area (Å²) >= 11 is 0. The lowest BCUT2D eigenvalue weighted by Crippen LogP contribution is -2.42. The highest BCUT2D eigenvalue weighted by atomic mass is 16.5. The van der Waals surface area contributed by atoms with Crippen LogP contribution in [-0.2, 0) is 22.0 Å². The van der Waals surface area contributed by atoms with Gasteiger partial charge in [-0.1, -0.05) is 0 Å². The van der Waals surface area contributed by atoms with E-state index in [4.69, 9.17) is 4.74 Å². The van der Waals surface area contributed by atoms with Crippen LogP contribution in [0.1, 0.15) is 24.2 Å². The summed E-state index contributed by atoms with van der Waals surface area (Å²) in [6.07, 6.45) is 1.03. The lowest BCUT2D eigenvalue weighted by Gasteiger charge is -2.32. The second-order valence-electron chi connectivity index (χ2n) is 4.29. The van der Waals surface area contributed by atoms with Crippen molar-refractivity contribution in [1.29, 1.82) is 0 Å². The number of aliphatic carboxylic acids is 1. The number of ether oxygens (including phenoxy) is 1. The quantitative estimate of drug-likeness (QED) is 0.809. The van der Waals surface area contributed by atoms with Gasteiger partial charge in [-0.3, -0.25) is 9.48 Å². The summed E-state index contributed by atoms with van der Waals surface area (Å²) in [4.78, 5) is 11.5. The number of hydrogen-bond donors (Lipinski definition) is 1. The van der Waals surface area contributed by atoms with E-state index in [9.17, 15) is 9.90 Å². The Morgan fingerprint density at radius 2 is 2.19 bits per heavy atom. The van der Waals surface area contributed by atoms with Gasteiger partial charge in [0.05, 0.1) is 11.4 Å². The van der Waals surface area contributed by atoms with Crippen molar-refractivity contribution in [3.05, 3.63) is 17.5 Å². The SMILES string of the molecule is Cc1cc(C2(C(=O)O)CCOCC2)n(C)n1. The van der Waals surface area contributed by atoms with E-state index in [1.165, 1.54) is 0 Å². The third-order valence-corrected chi connectivity index (χ3v) is 3.25. The minimum Gasteiger partial charge on any atom is -0.481 e. The van der Waals surface area contributed by atoms with Crippen LogP contribution in [0.25, 0.3) is 0 Å². The molecule has 0 amide bonds. The van der Waals surface area contributed by atoms with Crippen molar-refractivity contribution in [2.24, 2.45) is 7.05 Å². The zero-order valence-corrected chi connectivity index (χ0v) is 9.56. The van der Waals surface area contributed by atoms with Crippen LogP contribution in [0.3, 0.4) is 0 Å². The second-order valence-corrected chi connectivity index (χ2v) is 4.29. The summed E-state index contributed by atoms with van der Waals surface area (Å²) in [6, 6.07) is 1.86. The van der Waals surface area contributed by atoms with E-state index in [0.717, 1.165) is 11.4 Å². The predicted octanol–water partition coefficient (Wildman–Crippen LogP) is 0.861. The van der Waals surface area contributed by atoms with Crippen LogP contribution in [0.2, 0.25) is 0 Å². The van der Waals surface area contributed by atoms with Gasteiger partial charge in [-0.15, -0.1) is 0 Å². The number of aromatic nitrogens is 2. The van der Waals surface area contributed by atoms with Gasteiger partial charge in [0, 0.05) is 20.3 Å². The number of carboxylic acid groups (broad SMARTS) is 1. The maximum absolute atomic E-state index is 11.5. The zero-order valence-electron chi connectivity index (χ0n) is 9.56. The normalized spacial score (nSPS) is 19.6. The summed E-state index contributed by atoms with van der Waals surface area (Å²) in [5.74, 6) is -0.779. The molecule has 1 aromatic heterocycles. The fraction of sp³-hybridized carbons (Fsp3) is 0.636. The van der Waals surface area contributed by atoms with Crippen LogP contribution in [0, 0.1) is 6.92 Å². The van der Waals surface area contributed by atoms with Crippen molar-refractivity contribution >= 4 is 5.97 Å². The standard InChI is InChI=1S/C11H16N2O3/c1-8-7-9(13(2)12-8)11(10(14)15)3-5-16-6-4-11/h7H,3-6H2,1-2H3,(H,14,15). The molecular weight excluding hydrogens is 208 g/mol. The summed E-state index contributed by atoms with van der Waals surface area (Å²) in [5.41, 5.74) is 0.805. The highest BCUT2D eigenvalue weighted by Crippen LogP contribution is 2.35. The Labute approximate surface area is 94.0 Å². The lowest BCUT2D eigenvalue weighted by molar-refractivity contribution is -0.148. The molecule has 0 bridgehead atoms. The van der Waals surface area contributed by atoms with Crippen molar-refractivity contribution in [2.75, 3.05) is 13.2 Å². The van der Waals surface area contributed by atoms with Gasteiger partial charge < -0.3 is 9.84 Å². The minimum absolute atomic E-state index is 0.497. The van der Waals surface area contributed by atoms with Gasteiger partial charge in [-0.2, -0.15) is 5.10 Å². The number of rotatable bonds is 2. The molecule has 1 fully saturated rings. The van der Waals surface area contributed by atoms with E-state index >= 15 is 0 Å². The maximum atomic E-state index is 11.5. The Bertz CT molecular complexity index is 405. The molecule has 1 N–H and O–H groups in total. The van der Waals surface area contributed by atoms with E-state index in [2.05, 4.69) is 5.10 Å². The van der Waals surface area contributed by atoms with Crippen LogP contribution in [-0.4, -0.2) is 34.1 Å². The Morgan fingerprint density at radius 1 is 1.56 bits per heavy atom. The molecule has 0 aromatic carbocycles. The Balaban J connectivity index is 2.46. The predicted molar refractivity (Wildman–Crippen MR) is 57.3 cm³/mol. The number of nitrogens with zero attached hydrogens (tertiary/aromatic N) is 2. The average Bonchev–Trinajstić information content (AvgIpc) is 2.59. The molecule has 1 aromatic rings. The maximum Gasteiger partial charge on any atom is 0.315 e. The molecular formula is C11H16N2O3. The molecule has 0 radical (unpaired) electrons. The van der Waals surface area contributed by atoms with E-state index < -0.39 is 11.4 Å². The summed E-state index contributed by atoms with van der Waals surface area (Å²) in [6.45, 7) is 2.87. The molecule has 88 valence electrons. The van der Waals surface area contributed by atoms with Crippen LogP contribution in [0.4, 0.5) is 0 Å². The Kier molecular flexibility index (Phi) is 2.71. The molecule has 5 nitrogen and oxygen atoms in total. The topological polar surface area (TPSA) is 64.3 Å². The van der Waals surface area contributed by atoms with Crippen LogP contribution >= 0.6 is 0 Å². The first-order valence-corrected chi connectivity index (χ1v) is 5.38. The van der Waals surface area contributed by atoms with Crippen molar-refractivity contribution < 1.29 is 14.6 Å². The molecule has 1 aliphatic rings. The average molecular weight is 224 g/mol. The number of aryl methyl sites for hydroxylation is 2. The molecule has 0 saturated carbocycles. The van der Waals surface area contributed by atoms with E-state index in [-0.39, 0.29) is 0 Å². The number of carboxylic acids is 1. The van der Waals surface area contributed by atoms with E-state index in [1.807, 2.05) is 13.0 Å². The van der Waals surface area contributed by atoms with Crippen molar-refractivity contribution in [2.45, 2.75) is 25.2 Å². The van der Waals surface area contributed by atoms with Crippen LogP contribution in [0.5, 0.6) is 0 Å². The molecule has 0 aliphatic carbocycles. The van der Waals surface area contributed by atoms with Crippen molar-refractivity contribution in [3.8, 4) is 0 Å². The van der Waals surface area contributed by atoms with Crippen LogP contribution in [0.15, 0.2) is 6.07 Å². The highest BCUT2D eigenvalue weighted by Gasteiger charge is 2.44. The lowest BCUT2D eigenvalue weighted by atomic mass is 9.77. The molecule has 16 heavy (non-hydrogen) atoms. The van der Waals surface area contributed by atoms with Gasteiger partial charge in [0.2, 0.25) is 0 Å². The van der Waals surface area contributed by atoms with Gasteiger partial charge in [-0.05, 0) is 25.8 Å². The minimum atomic E-state index is -0.825. The summed E-state index contributed by atoms with van der Waals surface area (Å²) in [7, 11) is 1.79. The molecule has 5 heteroatoms. The first kappa shape index (κ1) is 11.1. The second kappa shape index (κ2) is 3.90. The first-order valence-electron chi connectivity index (χ1n) is 5.38. The summed E-state index contributed by atoms with van der Waals surface area (Å²) in [5, 5.41) is 13.7. The van der Waals surface area contributed by atoms with Gasteiger partial charge in [0.25, 0.3) is 0 Å². The molecule has 2 rings (SSSR count). The van der Waals surface area contributed by atoms with Gasteiger partial charge in [0.15, 0.2) is 0 Å². The molecule has 0 unspecified atom stereocenters. The molecule has 0 atom stereocenters. The van der Waals surface area contributed by atoms with E-state index in [1.54, 1.807) is 11.7 Å². The number of hydrogen-bond acceptors (Lipinski definition) is 3. The third-order valence-electron chi connectivity index (χ3n) is 3.25. The summed E-state index contributed by atoms with van der Waals surface area (Å²) < 4.78 is 6.93. The van der Waals surface area contributed by atoms with Gasteiger partial charge in [-0.25, -0.2) is 0 Å². The fourth-order valence-electron chi connectivity index (χ4n) is 2.36. The third kappa shape index (κ3) is 1.61. The molecule has 2 heterocycles. The van der Waals surface area contributed by atoms with Crippen LogP contribution < -0.4 is 0 Å². The van der Waals surface area contributed by atoms with E-state index in [0.29, 0.717) is 26.1 Å². The van der Waals surface area contributed by atoms with Crippen molar-refractivity contribution in [1.82, 2.24) is 9.78 Å². The monoisotopic (exact) mass is 224 g/mol. The van der Waals surface area contributed by atoms with Gasteiger partial charge >= 0.3 is 5.97 Å². The first-order chi connectivity index (χ1) is 7.56. The fourth-order valence-corrected chi connectivity index (χ4v) is 2.36. The molecule has 0 spiro atoms. The number of carbonyl (C=O) groups is 1. The van der Waals surface area contributed by atoms with Crippen molar-refractivity contribution in [3.63, 3.8) is 0 Å². The molecule has 1 aliphatic heterocycles. The van der Waals surface area contributed by atoms with Gasteiger partial charge in [0.1, 0.15) is 5.41 Å². The largest absolute Gasteiger partial charge is 0.481 e. The Morgan fingerprint density at radius 3 is 2.62 bits per heavy atom. The Hall–Kier alpha value is -1.36.